The molecule has 2 aromatic heterocycles. The van der Waals surface area contributed by atoms with Gasteiger partial charge in [-0.15, -0.1) is 0 Å². The largest absolute Gasteiger partial charge is 0.469 e. The highest BCUT2D eigenvalue weighted by molar-refractivity contribution is 5.87. The summed E-state index contributed by atoms with van der Waals surface area (Å²) >= 11 is 0. The number of hydrazine groups is 1. The maximum atomic E-state index is 16.3. The second-order valence-corrected chi connectivity index (χ2v) is 22.5. The number of methoxy groups -OCH3 is 2. The first-order valence-corrected chi connectivity index (χ1v) is 27.0. The number of anilines is 1. The van der Waals surface area contributed by atoms with Crippen molar-refractivity contribution in [2.45, 2.75) is 121 Å². The third kappa shape index (κ3) is 14.4. The van der Waals surface area contributed by atoms with E-state index in [0.29, 0.717) is 87.2 Å². The van der Waals surface area contributed by atoms with Crippen molar-refractivity contribution in [3.05, 3.63) is 101 Å². The van der Waals surface area contributed by atoms with Crippen LogP contribution in [0.4, 0.5) is 45.7 Å². The summed E-state index contributed by atoms with van der Waals surface area (Å²) in [5.74, 6) is -1.97. The van der Waals surface area contributed by atoms with Gasteiger partial charge >= 0.3 is 24.4 Å². The first-order chi connectivity index (χ1) is 39.2. The Balaban J connectivity index is 1.08. The maximum absolute atomic E-state index is 16.3. The fraction of sp³-hybridized carbons (Fsp3) is 0.544. The molecule has 26 heteroatoms. The van der Waals surface area contributed by atoms with E-state index in [-0.39, 0.29) is 17.3 Å². The van der Waals surface area contributed by atoms with E-state index in [2.05, 4.69) is 47.0 Å². The molecule has 450 valence electrons. The Morgan fingerprint density at radius 1 is 0.783 bits per heavy atom. The van der Waals surface area contributed by atoms with E-state index < -0.39 is 114 Å². The van der Waals surface area contributed by atoms with Crippen LogP contribution >= 0.6 is 0 Å². The van der Waals surface area contributed by atoms with E-state index in [4.69, 9.17) is 14.5 Å². The molecule has 0 spiro atoms. The Bertz CT molecular complexity index is 2980. The highest BCUT2D eigenvalue weighted by Gasteiger charge is 2.57. The number of halogens is 8. The molecule has 2 bridgehead atoms. The standard InChI is InChI=1S/C57H67F8N9O9/c1-54(2,56(60,61)62)42(24-49(76)80-5)51(77)70-72(28-41-43(58)22-36(23-44(41)59)45-17-19-73(69-45)39-18-20-82-30-39)29-47(75)46(67-52(78)50(68-53(79)81-6)55(3,4)57(63,64)65)21-34-10-7-33(8-11-34)9-12-35-13-16-48(66-25-35)71-26-37-14-15-38(27-71)74(37)40-31-83-32-40/h7-8,10-11,13,16-17,19,22-23,25,37-40,42,46-47,50,75H,14-15,18,20-21,24,26-32H2,1-6H3,(H,67,78)(H,68,79)(H,70,77)/t37?,38?,39-,42+,46-,47-,50+/m0/s1. The van der Waals surface area contributed by atoms with Gasteiger partial charge in [0.25, 0.3) is 0 Å². The summed E-state index contributed by atoms with van der Waals surface area (Å²) in [5.41, 5.74) is -2.96. The quantitative estimate of drug-likeness (QED) is 0.0318. The van der Waals surface area contributed by atoms with Gasteiger partial charge in [-0.2, -0.15) is 31.4 Å². The molecule has 4 aliphatic heterocycles. The lowest BCUT2D eigenvalue weighted by Gasteiger charge is -2.47. The zero-order valence-corrected chi connectivity index (χ0v) is 46.6. The van der Waals surface area contributed by atoms with Crippen molar-refractivity contribution in [2.24, 2.45) is 16.7 Å². The highest BCUT2D eigenvalue weighted by Crippen LogP contribution is 2.46. The van der Waals surface area contributed by atoms with Gasteiger partial charge in [0.05, 0.1) is 87.1 Å². The Morgan fingerprint density at radius 3 is 1.96 bits per heavy atom. The summed E-state index contributed by atoms with van der Waals surface area (Å²) in [4.78, 5) is 63.0. The van der Waals surface area contributed by atoms with E-state index in [0.717, 1.165) is 71.3 Å². The minimum atomic E-state index is -5.14. The summed E-state index contributed by atoms with van der Waals surface area (Å²) in [6.45, 7) is 4.62. The van der Waals surface area contributed by atoms with Gasteiger partial charge in [0.15, 0.2) is 0 Å². The Hall–Kier alpha value is -6.92. The molecule has 4 aromatic rings. The summed E-state index contributed by atoms with van der Waals surface area (Å²) < 4.78 is 142. The van der Waals surface area contributed by atoms with Crippen molar-refractivity contribution in [1.29, 1.82) is 0 Å². The Labute approximate surface area is 474 Å². The van der Waals surface area contributed by atoms with Gasteiger partial charge in [-0.25, -0.2) is 23.6 Å². The zero-order valence-electron chi connectivity index (χ0n) is 46.6. The van der Waals surface area contributed by atoms with Crippen LogP contribution in [0.3, 0.4) is 0 Å². The minimum absolute atomic E-state index is 0.0172. The lowest BCUT2D eigenvalue weighted by molar-refractivity contribution is -0.231. The van der Waals surface area contributed by atoms with Crippen molar-refractivity contribution in [3.8, 4) is 23.1 Å². The number of benzene rings is 2. The second kappa shape index (κ2) is 25.5. The van der Waals surface area contributed by atoms with Gasteiger partial charge in [0.1, 0.15) is 23.5 Å². The average Bonchev–Trinajstić information content (AvgIpc) is 3.52. The molecule has 4 N–H and O–H groups in total. The van der Waals surface area contributed by atoms with Gasteiger partial charge in [0.2, 0.25) is 11.8 Å². The molecule has 2 unspecified atom stereocenters. The van der Waals surface area contributed by atoms with Crippen LogP contribution in [0.25, 0.3) is 11.3 Å². The zero-order chi connectivity index (χ0) is 60.2. The first kappa shape index (κ1) is 62.1. The number of pyridine rings is 1. The monoisotopic (exact) mass is 1170 g/mol. The lowest BCUT2D eigenvalue weighted by Crippen LogP contribution is -2.62. The molecular weight excluding hydrogens is 1110 g/mol. The SMILES string of the molecule is COC(=O)C[C@H](C(=O)NN(Cc1c(F)cc(-c2ccn([C@H]3CCOC3)n2)cc1F)C[C@H](O)[C@H](Cc1ccc(C#Cc2ccc(N3CC4CCC(C3)N4C3COC3)nc2)cc1)NC(=O)[C@@H](NC(=O)OC)C(C)(C)C(F)(F)F)C(C)(C)C(F)(F)F. The van der Waals surface area contributed by atoms with Crippen molar-refractivity contribution < 1.29 is 78.4 Å². The van der Waals surface area contributed by atoms with Crippen LogP contribution in [0.1, 0.15) is 81.7 Å². The number of nitrogens with one attached hydrogen (secondary N) is 3. The fourth-order valence-electron chi connectivity index (χ4n) is 10.7. The number of piperazine rings is 1. The molecule has 7 atom stereocenters. The number of esters is 1. The molecule has 4 aliphatic rings. The van der Waals surface area contributed by atoms with Gasteiger partial charge in [0, 0.05) is 79.5 Å². The number of aliphatic hydroxyl groups excluding tert-OH is 1. The number of ether oxygens (including phenoxy) is 4. The number of alkyl carbamates (subject to hydrolysis) is 1. The minimum Gasteiger partial charge on any atom is -0.469 e. The normalized spacial score (nSPS) is 20.1. The number of fused-ring (bicyclic) bond motifs is 2. The van der Waals surface area contributed by atoms with Crippen LogP contribution in [0, 0.1) is 40.2 Å². The maximum Gasteiger partial charge on any atom is 0.407 e. The number of nitrogens with zero attached hydrogens (tertiary/aromatic N) is 6. The molecule has 2 aromatic carbocycles. The number of amides is 3. The van der Waals surface area contributed by atoms with Crippen LogP contribution in [-0.2, 0) is 46.3 Å². The van der Waals surface area contributed by atoms with Gasteiger partial charge in [-0.05, 0) is 87.6 Å². The molecule has 0 saturated carbocycles. The first-order valence-electron chi connectivity index (χ1n) is 27.0. The lowest BCUT2D eigenvalue weighted by atomic mass is 9.75. The van der Waals surface area contributed by atoms with Crippen LogP contribution in [-0.4, -0.2) is 163 Å². The van der Waals surface area contributed by atoms with E-state index in [1.807, 2.05) is 17.4 Å². The number of alkyl halides is 6. The number of carbonyl (C=O) groups excluding carboxylic acids is 4. The molecule has 4 fully saturated rings. The highest BCUT2D eigenvalue weighted by atomic mass is 19.4. The van der Waals surface area contributed by atoms with Crippen molar-refractivity contribution in [3.63, 3.8) is 0 Å². The average molecular weight is 1170 g/mol. The summed E-state index contributed by atoms with van der Waals surface area (Å²) in [5, 5.41) is 21.5. The van der Waals surface area contributed by atoms with Gasteiger partial charge in [-0.1, -0.05) is 37.8 Å². The van der Waals surface area contributed by atoms with Gasteiger partial charge in [-0.3, -0.25) is 29.4 Å². The Kier molecular flexibility index (Phi) is 19.1. The molecule has 18 nitrogen and oxygen atoms in total. The molecule has 8 rings (SSSR count). The van der Waals surface area contributed by atoms with E-state index >= 15 is 8.78 Å². The third-order valence-corrected chi connectivity index (χ3v) is 16.2. The van der Waals surface area contributed by atoms with E-state index in [1.54, 1.807) is 29.2 Å². The number of rotatable bonds is 20. The van der Waals surface area contributed by atoms with E-state index in [9.17, 15) is 50.6 Å². The van der Waals surface area contributed by atoms with Crippen LogP contribution in [0.2, 0.25) is 0 Å². The molecule has 0 radical (unpaired) electrons. The third-order valence-electron chi connectivity index (χ3n) is 16.2. The second-order valence-electron chi connectivity index (χ2n) is 22.5. The summed E-state index contributed by atoms with van der Waals surface area (Å²) in [7, 11) is 1.74. The Morgan fingerprint density at radius 2 is 1.41 bits per heavy atom. The topological polar surface area (TPSA) is 202 Å². The number of carbonyl (C=O) groups is 4. The van der Waals surface area contributed by atoms with Gasteiger partial charge < -0.3 is 39.6 Å². The number of hydrogen-bond donors (Lipinski definition) is 4. The van der Waals surface area contributed by atoms with Crippen LogP contribution in [0.5, 0.6) is 0 Å². The predicted molar refractivity (Wildman–Crippen MR) is 283 cm³/mol. The predicted octanol–water partition coefficient (Wildman–Crippen LogP) is 6.64. The summed E-state index contributed by atoms with van der Waals surface area (Å²) in [6, 6.07) is 10.5. The molecule has 3 amide bonds. The molecule has 0 aliphatic carbocycles. The smallest absolute Gasteiger partial charge is 0.407 e. The van der Waals surface area contributed by atoms with Crippen molar-refractivity contribution >= 4 is 29.7 Å². The number of aromatic nitrogens is 3. The summed E-state index contributed by atoms with van der Waals surface area (Å²) in [6.07, 6.45) is -9.15. The van der Waals surface area contributed by atoms with E-state index in [1.165, 1.54) is 18.2 Å². The van der Waals surface area contributed by atoms with Crippen LogP contribution in [0.15, 0.2) is 67.0 Å². The molecule has 6 heterocycles. The molecule has 83 heavy (non-hydrogen) atoms. The molecular formula is C57H67F8N9O9. The van der Waals surface area contributed by atoms with Crippen molar-refractivity contribution in [1.82, 2.24) is 40.7 Å². The number of hydrogen-bond acceptors (Lipinski definition) is 14. The van der Waals surface area contributed by atoms with Crippen LogP contribution < -0.4 is 21.0 Å². The fourth-order valence-corrected chi connectivity index (χ4v) is 10.7. The number of aliphatic hydroxyl groups is 1. The van der Waals surface area contributed by atoms with Crippen molar-refractivity contribution in [2.75, 3.05) is 65.2 Å². The molecule has 4 saturated heterocycles.